The minimum atomic E-state index is -1.12. The van der Waals surface area contributed by atoms with Crippen LogP contribution in [0.3, 0.4) is 0 Å². The van der Waals surface area contributed by atoms with E-state index in [0.717, 1.165) is 4.90 Å². The summed E-state index contributed by atoms with van der Waals surface area (Å²) >= 11 is 0. The van der Waals surface area contributed by atoms with E-state index in [1.807, 2.05) is 13.8 Å². The van der Waals surface area contributed by atoms with E-state index in [0.29, 0.717) is 0 Å². The topological polar surface area (TPSA) is 118 Å². The summed E-state index contributed by atoms with van der Waals surface area (Å²) in [7, 11) is 0. The van der Waals surface area contributed by atoms with Crippen LogP contribution in [-0.2, 0) is 11.3 Å². The highest BCUT2D eigenvalue weighted by atomic mass is 16.4. The van der Waals surface area contributed by atoms with Crippen LogP contribution in [0.4, 0.5) is 0 Å². The summed E-state index contributed by atoms with van der Waals surface area (Å²) < 4.78 is 0. The Hall–Kier alpha value is -2.44. The van der Waals surface area contributed by atoms with Crippen LogP contribution >= 0.6 is 0 Å². The Labute approximate surface area is 127 Å². The molecule has 7 nitrogen and oxygen atoms in total. The van der Waals surface area contributed by atoms with Gasteiger partial charge in [-0.3, -0.25) is 4.79 Å². The number of aromatic hydroxyl groups is 3. The number of carboxylic acid groups (broad SMARTS) is 1. The Morgan fingerprint density at radius 3 is 2.27 bits per heavy atom. The maximum Gasteiger partial charge on any atom is 0.326 e. The van der Waals surface area contributed by atoms with Crippen molar-refractivity contribution in [1.29, 1.82) is 0 Å². The summed E-state index contributed by atoms with van der Waals surface area (Å²) in [6, 6.07) is -1.03. The highest BCUT2D eigenvalue weighted by Crippen LogP contribution is 2.46. The summed E-state index contributed by atoms with van der Waals surface area (Å²) in [6.45, 7) is 5.03. The lowest BCUT2D eigenvalue weighted by atomic mass is 10.0. The van der Waals surface area contributed by atoms with Gasteiger partial charge in [0.1, 0.15) is 6.04 Å². The molecule has 1 aromatic rings. The molecule has 1 atom stereocenters. The largest absolute Gasteiger partial charge is 0.504 e. The summed E-state index contributed by atoms with van der Waals surface area (Å²) in [5, 5.41) is 38.7. The molecule has 22 heavy (non-hydrogen) atoms. The van der Waals surface area contributed by atoms with E-state index >= 15 is 0 Å². The van der Waals surface area contributed by atoms with Crippen LogP contribution in [0.2, 0.25) is 0 Å². The fourth-order valence-electron chi connectivity index (χ4n) is 2.78. The molecule has 7 heteroatoms. The lowest BCUT2D eigenvalue weighted by molar-refractivity contribution is -0.143. The van der Waals surface area contributed by atoms with Crippen LogP contribution in [0, 0.1) is 12.8 Å². The van der Waals surface area contributed by atoms with Crippen molar-refractivity contribution in [2.45, 2.75) is 39.8 Å². The first-order valence-electron chi connectivity index (χ1n) is 6.96. The van der Waals surface area contributed by atoms with E-state index in [9.17, 15) is 30.0 Å². The van der Waals surface area contributed by atoms with Gasteiger partial charge in [-0.05, 0) is 19.3 Å². The van der Waals surface area contributed by atoms with Gasteiger partial charge in [0.2, 0.25) is 5.75 Å². The number of nitrogens with zero attached hydrogens (tertiary/aromatic N) is 1. The van der Waals surface area contributed by atoms with Crippen LogP contribution in [0.1, 0.15) is 41.8 Å². The van der Waals surface area contributed by atoms with Gasteiger partial charge in [0.05, 0.1) is 12.1 Å². The number of carbonyl (C=O) groups is 2. The first-order valence-corrected chi connectivity index (χ1v) is 6.96. The van der Waals surface area contributed by atoms with Crippen LogP contribution < -0.4 is 0 Å². The van der Waals surface area contributed by atoms with E-state index in [-0.39, 0.29) is 35.6 Å². The van der Waals surface area contributed by atoms with E-state index in [1.165, 1.54) is 6.92 Å². The number of rotatable bonds is 4. The molecule has 0 unspecified atom stereocenters. The number of hydrogen-bond acceptors (Lipinski definition) is 5. The number of phenolic OH excluding ortho intramolecular Hbond substituents is 3. The van der Waals surface area contributed by atoms with E-state index < -0.39 is 35.2 Å². The third kappa shape index (κ3) is 2.32. The number of aliphatic carboxylic acids is 1. The Morgan fingerprint density at radius 1 is 1.18 bits per heavy atom. The molecule has 0 bridgehead atoms. The molecule has 120 valence electrons. The van der Waals surface area contributed by atoms with Crippen molar-refractivity contribution >= 4 is 11.9 Å². The number of phenols is 3. The second kappa shape index (κ2) is 5.40. The van der Waals surface area contributed by atoms with Crippen LogP contribution in [-0.4, -0.2) is 43.2 Å². The quantitative estimate of drug-likeness (QED) is 0.627. The molecular weight excluding hydrogens is 290 g/mol. The highest BCUT2D eigenvalue weighted by molar-refractivity contribution is 6.03. The summed E-state index contributed by atoms with van der Waals surface area (Å²) in [4.78, 5) is 25.1. The predicted octanol–water partition coefficient (Wildman–Crippen LogP) is 1.57. The van der Waals surface area contributed by atoms with E-state index in [2.05, 4.69) is 0 Å². The molecule has 0 spiro atoms. The highest BCUT2D eigenvalue weighted by Gasteiger charge is 2.40. The van der Waals surface area contributed by atoms with Gasteiger partial charge in [0.15, 0.2) is 11.5 Å². The monoisotopic (exact) mass is 309 g/mol. The zero-order valence-corrected chi connectivity index (χ0v) is 12.6. The average Bonchev–Trinajstić information content (AvgIpc) is 2.77. The third-order valence-electron chi connectivity index (χ3n) is 3.93. The van der Waals surface area contributed by atoms with E-state index in [4.69, 9.17) is 0 Å². The summed E-state index contributed by atoms with van der Waals surface area (Å²) in [5.74, 6) is -3.47. The second-order valence-electron chi connectivity index (χ2n) is 5.94. The molecule has 1 amide bonds. The molecule has 0 saturated carbocycles. The lowest BCUT2D eigenvalue weighted by Crippen LogP contribution is -2.42. The molecule has 0 aliphatic carbocycles. The van der Waals surface area contributed by atoms with Gasteiger partial charge in [0.25, 0.3) is 5.91 Å². The SMILES string of the molecule is Cc1c(O)c(O)c(O)c2c1C(=O)N([C@@H](CC(C)C)C(=O)O)C2. The Kier molecular flexibility index (Phi) is 3.91. The van der Waals surface area contributed by atoms with Gasteiger partial charge in [-0.15, -0.1) is 0 Å². The lowest BCUT2D eigenvalue weighted by Gasteiger charge is -2.25. The molecule has 2 rings (SSSR count). The fourth-order valence-corrected chi connectivity index (χ4v) is 2.78. The smallest absolute Gasteiger partial charge is 0.326 e. The molecule has 1 aromatic carbocycles. The molecule has 1 aliphatic rings. The molecule has 1 heterocycles. The molecule has 0 aromatic heterocycles. The normalized spacial score (nSPS) is 15.3. The van der Waals surface area contributed by atoms with Gasteiger partial charge in [-0.1, -0.05) is 13.8 Å². The van der Waals surface area contributed by atoms with Crippen molar-refractivity contribution in [2.75, 3.05) is 0 Å². The van der Waals surface area contributed by atoms with Gasteiger partial charge < -0.3 is 25.3 Å². The molecule has 1 aliphatic heterocycles. The van der Waals surface area contributed by atoms with Crippen molar-refractivity contribution in [3.8, 4) is 17.2 Å². The Morgan fingerprint density at radius 2 is 1.77 bits per heavy atom. The van der Waals surface area contributed by atoms with Gasteiger partial charge in [-0.2, -0.15) is 0 Å². The minimum absolute atomic E-state index is 0.0582. The van der Waals surface area contributed by atoms with Crippen molar-refractivity contribution in [1.82, 2.24) is 4.90 Å². The maximum absolute atomic E-state index is 12.5. The van der Waals surface area contributed by atoms with Gasteiger partial charge in [-0.25, -0.2) is 4.79 Å². The third-order valence-corrected chi connectivity index (χ3v) is 3.93. The standard InChI is InChI=1S/C15H19NO6/c1-6(2)4-9(15(21)22)16-5-8-10(14(16)20)7(3)11(17)13(19)12(8)18/h6,9,17-19H,4-5H2,1-3H3,(H,21,22)/t9-/m0/s1. The number of amides is 1. The second-order valence-corrected chi connectivity index (χ2v) is 5.94. The first kappa shape index (κ1) is 15.9. The number of carbonyl (C=O) groups excluding carboxylic acids is 1. The number of fused-ring (bicyclic) bond motifs is 1. The van der Waals surface area contributed by atoms with Crippen LogP contribution in [0.25, 0.3) is 0 Å². The van der Waals surface area contributed by atoms with Gasteiger partial charge >= 0.3 is 5.97 Å². The molecule has 0 saturated heterocycles. The number of carboxylic acids is 1. The Balaban J connectivity index is 2.50. The molecule has 0 radical (unpaired) electrons. The maximum atomic E-state index is 12.5. The van der Waals surface area contributed by atoms with Crippen LogP contribution in [0.5, 0.6) is 17.2 Å². The summed E-state index contributed by atoms with van der Waals surface area (Å²) in [5.41, 5.74) is 0.335. The number of hydrogen-bond donors (Lipinski definition) is 4. The number of benzene rings is 1. The van der Waals surface area contributed by atoms with Crippen molar-refractivity contribution in [2.24, 2.45) is 5.92 Å². The van der Waals surface area contributed by atoms with E-state index in [1.54, 1.807) is 0 Å². The molecule has 4 N–H and O–H groups in total. The Bertz CT molecular complexity index is 652. The minimum Gasteiger partial charge on any atom is -0.504 e. The molecular formula is C15H19NO6. The fraction of sp³-hybridized carbons (Fsp3) is 0.467. The average molecular weight is 309 g/mol. The zero-order chi connectivity index (χ0) is 16.8. The van der Waals surface area contributed by atoms with Crippen molar-refractivity contribution in [3.05, 3.63) is 16.7 Å². The van der Waals surface area contributed by atoms with Crippen molar-refractivity contribution in [3.63, 3.8) is 0 Å². The predicted molar refractivity (Wildman–Crippen MR) is 76.9 cm³/mol. The van der Waals surface area contributed by atoms with Crippen LogP contribution in [0.15, 0.2) is 0 Å². The summed E-state index contributed by atoms with van der Waals surface area (Å²) in [6.07, 6.45) is 0.271. The first-order chi connectivity index (χ1) is 10.2. The van der Waals surface area contributed by atoms with Crippen molar-refractivity contribution < 1.29 is 30.0 Å². The van der Waals surface area contributed by atoms with Gasteiger partial charge in [0, 0.05) is 11.1 Å². The zero-order valence-electron chi connectivity index (χ0n) is 12.6. The molecule has 0 fully saturated rings.